The van der Waals surface area contributed by atoms with Gasteiger partial charge in [0.15, 0.2) is 11.5 Å². The fraction of sp³-hybridized carbons (Fsp3) is 0.292. The molecule has 0 saturated carbocycles. The Bertz CT molecular complexity index is 1360. The Balaban J connectivity index is 1.52. The minimum atomic E-state index is -0.727. The summed E-state index contributed by atoms with van der Waals surface area (Å²) in [5.74, 6) is 1.05. The number of aryl methyl sites for hydroxylation is 1. The lowest BCUT2D eigenvalue weighted by molar-refractivity contribution is -0.124. The molecule has 1 atom stereocenters. The molecule has 0 unspecified atom stereocenters. The van der Waals surface area contributed by atoms with Gasteiger partial charge in [0.1, 0.15) is 6.04 Å². The zero-order valence-electron chi connectivity index (χ0n) is 18.5. The molecule has 1 amide bonds. The Morgan fingerprint density at radius 1 is 1.16 bits per heavy atom. The molecule has 2 heterocycles. The first kappa shape index (κ1) is 21.8. The van der Waals surface area contributed by atoms with Crippen molar-refractivity contribution in [1.82, 2.24) is 15.1 Å². The molecule has 2 aromatic carbocycles. The van der Waals surface area contributed by atoms with Crippen LogP contribution >= 0.6 is 11.3 Å². The van der Waals surface area contributed by atoms with Crippen LogP contribution in [-0.2, 0) is 11.2 Å². The third-order valence-corrected chi connectivity index (χ3v) is 6.79. The molecule has 0 radical (unpaired) electrons. The molecule has 1 N–H and O–H groups in total. The third-order valence-electron chi connectivity index (χ3n) is 5.51. The van der Waals surface area contributed by atoms with Crippen LogP contribution in [0, 0.1) is 6.92 Å². The van der Waals surface area contributed by atoms with E-state index in [9.17, 15) is 9.59 Å². The van der Waals surface area contributed by atoms with Crippen molar-refractivity contribution >= 4 is 37.4 Å². The van der Waals surface area contributed by atoms with Crippen molar-refractivity contribution < 1.29 is 14.3 Å². The van der Waals surface area contributed by atoms with E-state index >= 15 is 0 Å². The first-order valence-electron chi connectivity index (χ1n) is 10.3. The number of thiophene rings is 1. The van der Waals surface area contributed by atoms with Crippen molar-refractivity contribution in [2.75, 3.05) is 20.8 Å². The van der Waals surface area contributed by atoms with Gasteiger partial charge in [-0.15, -0.1) is 11.3 Å². The highest BCUT2D eigenvalue weighted by Crippen LogP contribution is 2.33. The largest absolute Gasteiger partial charge is 0.493 e. The number of carbonyl (C=O) groups is 1. The van der Waals surface area contributed by atoms with Crippen LogP contribution < -0.4 is 20.3 Å². The van der Waals surface area contributed by atoms with E-state index < -0.39 is 6.04 Å². The zero-order valence-corrected chi connectivity index (χ0v) is 19.3. The zero-order chi connectivity index (χ0) is 22.8. The molecule has 4 aromatic rings. The summed E-state index contributed by atoms with van der Waals surface area (Å²) in [7, 11) is 3.18. The van der Waals surface area contributed by atoms with Crippen LogP contribution in [0.3, 0.4) is 0 Å². The van der Waals surface area contributed by atoms with E-state index in [1.54, 1.807) is 32.5 Å². The minimum Gasteiger partial charge on any atom is -0.493 e. The fourth-order valence-corrected chi connectivity index (χ4v) is 4.90. The molecule has 4 rings (SSSR count). The summed E-state index contributed by atoms with van der Waals surface area (Å²) in [4.78, 5) is 26.0. The quantitative estimate of drug-likeness (QED) is 0.461. The first-order valence-corrected chi connectivity index (χ1v) is 11.2. The number of nitrogens with one attached hydrogen (secondary N) is 1. The number of benzene rings is 2. The Labute approximate surface area is 189 Å². The molecule has 166 valence electrons. The van der Waals surface area contributed by atoms with Gasteiger partial charge in [0.2, 0.25) is 5.91 Å². The number of carbonyl (C=O) groups excluding carboxylic acids is 1. The van der Waals surface area contributed by atoms with Crippen LogP contribution in [-0.4, -0.2) is 36.5 Å². The van der Waals surface area contributed by atoms with Gasteiger partial charge in [-0.1, -0.05) is 24.3 Å². The van der Waals surface area contributed by atoms with Crippen LogP contribution in [0.15, 0.2) is 47.3 Å². The highest BCUT2D eigenvalue weighted by Gasteiger charge is 2.21. The van der Waals surface area contributed by atoms with Crippen molar-refractivity contribution in [2.45, 2.75) is 26.3 Å². The molecule has 0 spiro atoms. The summed E-state index contributed by atoms with van der Waals surface area (Å²) in [6.07, 6.45) is 0.619. The van der Waals surface area contributed by atoms with Crippen molar-refractivity contribution in [3.63, 3.8) is 0 Å². The van der Waals surface area contributed by atoms with Crippen LogP contribution in [0.4, 0.5) is 0 Å². The molecular weight excluding hydrogens is 426 g/mol. The number of fused-ring (bicyclic) bond motifs is 3. The first-order chi connectivity index (χ1) is 15.4. The van der Waals surface area contributed by atoms with Crippen molar-refractivity contribution in [1.29, 1.82) is 0 Å². The van der Waals surface area contributed by atoms with Gasteiger partial charge in [0.25, 0.3) is 5.56 Å². The van der Waals surface area contributed by atoms with Gasteiger partial charge in [-0.25, -0.2) is 4.68 Å². The van der Waals surface area contributed by atoms with Crippen LogP contribution in [0.5, 0.6) is 11.5 Å². The maximum atomic E-state index is 13.2. The summed E-state index contributed by atoms with van der Waals surface area (Å²) < 4.78 is 13.8. The average molecular weight is 452 g/mol. The monoisotopic (exact) mass is 451 g/mol. The van der Waals surface area contributed by atoms with E-state index in [4.69, 9.17) is 9.47 Å². The molecule has 7 nitrogen and oxygen atoms in total. The van der Waals surface area contributed by atoms with Gasteiger partial charge in [0, 0.05) is 16.6 Å². The second kappa shape index (κ2) is 9.00. The number of hydrogen-bond acceptors (Lipinski definition) is 6. The molecule has 0 aliphatic heterocycles. The van der Waals surface area contributed by atoms with E-state index in [1.165, 1.54) is 4.68 Å². The summed E-state index contributed by atoms with van der Waals surface area (Å²) in [6, 6.07) is 12.7. The number of methoxy groups -OCH3 is 2. The molecule has 2 aromatic heterocycles. The normalized spacial score (nSPS) is 12.1. The number of rotatable bonds is 7. The van der Waals surface area contributed by atoms with Gasteiger partial charge in [-0.3, -0.25) is 9.59 Å². The smallest absolute Gasteiger partial charge is 0.276 e. The summed E-state index contributed by atoms with van der Waals surface area (Å²) in [5, 5.41) is 8.89. The standard InChI is InChI=1S/C24H25N3O4S/c1-14-22-21(17-7-5-6-8-20(17)32-22)24(29)27(26-14)15(2)23(28)25-12-11-16-9-10-18(30-3)19(13-16)31-4/h5-10,13,15H,11-12H2,1-4H3,(H,25,28)/t15-/m1/s1. The topological polar surface area (TPSA) is 82.5 Å². The second-order valence-electron chi connectivity index (χ2n) is 7.54. The summed E-state index contributed by atoms with van der Waals surface area (Å²) >= 11 is 1.55. The van der Waals surface area contributed by atoms with Gasteiger partial charge in [-0.2, -0.15) is 5.10 Å². The number of hydrogen-bond donors (Lipinski definition) is 1. The molecular formula is C24H25N3O4S. The maximum Gasteiger partial charge on any atom is 0.276 e. The predicted octanol–water partition coefficient (Wildman–Crippen LogP) is 3.86. The van der Waals surface area contributed by atoms with Crippen molar-refractivity contribution in [3.05, 3.63) is 64.1 Å². The Morgan fingerprint density at radius 2 is 1.91 bits per heavy atom. The van der Waals surface area contributed by atoms with Crippen LogP contribution in [0.25, 0.3) is 20.2 Å². The predicted molar refractivity (Wildman–Crippen MR) is 127 cm³/mol. The highest BCUT2D eigenvalue weighted by molar-refractivity contribution is 7.26. The van der Waals surface area contributed by atoms with Crippen molar-refractivity contribution in [2.24, 2.45) is 0 Å². The van der Waals surface area contributed by atoms with E-state index in [-0.39, 0.29) is 11.5 Å². The average Bonchev–Trinajstić information content (AvgIpc) is 3.21. The number of nitrogens with zero attached hydrogens (tertiary/aromatic N) is 2. The number of aromatic nitrogens is 2. The van der Waals surface area contributed by atoms with Gasteiger partial charge < -0.3 is 14.8 Å². The molecule has 8 heteroatoms. The lowest BCUT2D eigenvalue weighted by Crippen LogP contribution is -2.38. The minimum absolute atomic E-state index is 0.245. The Hall–Kier alpha value is -3.39. The molecule has 0 aliphatic carbocycles. The molecule has 0 saturated heterocycles. The third kappa shape index (κ3) is 3.93. The van der Waals surface area contributed by atoms with E-state index in [0.29, 0.717) is 29.9 Å². The molecule has 0 fully saturated rings. The van der Waals surface area contributed by atoms with Crippen LogP contribution in [0.2, 0.25) is 0 Å². The fourth-order valence-electron chi connectivity index (χ4n) is 3.77. The lowest BCUT2D eigenvalue weighted by atomic mass is 10.1. The van der Waals surface area contributed by atoms with E-state index in [2.05, 4.69) is 10.4 Å². The Morgan fingerprint density at radius 3 is 2.66 bits per heavy atom. The van der Waals surface area contributed by atoms with Crippen molar-refractivity contribution in [3.8, 4) is 11.5 Å². The number of amides is 1. The summed E-state index contributed by atoms with van der Waals surface area (Å²) in [6.45, 7) is 3.99. The van der Waals surface area contributed by atoms with Gasteiger partial charge in [0.05, 0.1) is 30.0 Å². The second-order valence-corrected chi connectivity index (χ2v) is 8.60. The number of ether oxygens (including phenoxy) is 2. The van der Waals surface area contributed by atoms with E-state index in [1.807, 2.05) is 49.4 Å². The van der Waals surface area contributed by atoms with E-state index in [0.717, 1.165) is 26.0 Å². The summed E-state index contributed by atoms with van der Waals surface area (Å²) in [5.41, 5.74) is 1.50. The van der Waals surface area contributed by atoms with Crippen LogP contribution in [0.1, 0.15) is 24.2 Å². The maximum absolute atomic E-state index is 13.2. The van der Waals surface area contributed by atoms with Gasteiger partial charge in [-0.05, 0) is 44.0 Å². The Kier molecular flexibility index (Phi) is 6.14. The molecule has 0 aliphatic rings. The lowest BCUT2D eigenvalue weighted by Gasteiger charge is -2.15. The van der Waals surface area contributed by atoms with Gasteiger partial charge >= 0.3 is 0 Å². The molecule has 0 bridgehead atoms. The SMILES string of the molecule is COc1ccc(CCNC(=O)[C@@H](C)n2nc(C)c3sc4ccccc4c3c2=O)cc1OC. The highest BCUT2D eigenvalue weighted by atomic mass is 32.1. The molecule has 32 heavy (non-hydrogen) atoms.